The van der Waals surface area contributed by atoms with Gasteiger partial charge >= 0.3 is 0 Å². The number of pyridine rings is 1. The van der Waals surface area contributed by atoms with Crippen LogP contribution >= 0.6 is 0 Å². The molecular formula is C5H3N. The molecule has 0 aromatic rings. The van der Waals surface area contributed by atoms with Gasteiger partial charge in [-0.25, -0.2) is 0 Å². The van der Waals surface area contributed by atoms with Gasteiger partial charge in [0.15, 0.2) is 0 Å². The maximum absolute atomic E-state index is 3.86. The van der Waals surface area contributed by atoms with E-state index in [9.17, 15) is 0 Å². The Kier molecular flexibility index (Phi) is 0.192. The summed E-state index contributed by atoms with van der Waals surface area (Å²) in [5.41, 5.74) is 2.63. The third-order valence-corrected chi connectivity index (χ3v) is 0.988. The molecule has 0 aromatic carbocycles. The zero-order valence-electron chi connectivity index (χ0n) is 3.18. The van der Waals surface area contributed by atoms with Crippen LogP contribution in [0.3, 0.4) is 0 Å². The first-order valence-corrected chi connectivity index (χ1v) is 1.92. The summed E-state index contributed by atoms with van der Waals surface area (Å²) in [7, 11) is 0. The number of fused-ring (bicyclic) bond motifs is 1. The Morgan fingerprint density at radius 1 is 1.17 bits per heavy atom. The maximum Gasteiger partial charge on any atom is 0.0347 e. The second-order valence-electron chi connectivity index (χ2n) is 1.46. The smallest absolute Gasteiger partial charge is 0.0347 e. The number of hydrogen-bond acceptors (Lipinski definition) is 1. The number of aromatic nitrogens is 1. The third kappa shape index (κ3) is 0.117. The highest BCUT2D eigenvalue weighted by molar-refractivity contribution is 5.78. The van der Waals surface area contributed by atoms with Crippen molar-refractivity contribution in [3.05, 3.63) is 18.5 Å². The Morgan fingerprint density at radius 3 is 2.00 bits per heavy atom. The monoisotopic (exact) mass is 77.0 g/mol. The van der Waals surface area contributed by atoms with Crippen LogP contribution in [0.15, 0.2) is 18.5 Å². The SMILES string of the molecule is c1ncc2cc1-2. The van der Waals surface area contributed by atoms with Crippen LogP contribution in [-0.2, 0) is 0 Å². The van der Waals surface area contributed by atoms with E-state index in [4.69, 9.17) is 0 Å². The number of rotatable bonds is 0. The van der Waals surface area contributed by atoms with E-state index >= 15 is 0 Å². The van der Waals surface area contributed by atoms with Crippen molar-refractivity contribution in [3.63, 3.8) is 0 Å². The second kappa shape index (κ2) is 0.492. The zero-order valence-corrected chi connectivity index (χ0v) is 3.18. The lowest BCUT2D eigenvalue weighted by molar-refractivity contribution is 1.42. The standard InChI is InChI=1S/C5H3N/c1-4-2-6-3-5(1)4/h1-3H. The lowest BCUT2D eigenvalue weighted by Gasteiger charge is -1.48. The molecule has 1 aliphatic heterocycles. The van der Waals surface area contributed by atoms with Gasteiger partial charge in [-0.05, 0) is 6.07 Å². The van der Waals surface area contributed by atoms with E-state index in [1.807, 2.05) is 12.4 Å². The highest BCUT2D eigenvalue weighted by Crippen LogP contribution is 2.30. The molecule has 0 N–H and O–H groups in total. The summed E-state index contributed by atoms with van der Waals surface area (Å²) in [4.78, 5) is 3.86. The second-order valence-corrected chi connectivity index (χ2v) is 1.46. The summed E-state index contributed by atoms with van der Waals surface area (Å²) in [5.74, 6) is 0. The van der Waals surface area contributed by atoms with Crippen molar-refractivity contribution in [3.8, 4) is 11.1 Å². The molecule has 0 atom stereocenters. The number of hydrogen-bond donors (Lipinski definition) is 0. The molecule has 1 nitrogen and oxygen atoms in total. The molecule has 0 aromatic heterocycles. The molecule has 2 aliphatic rings. The van der Waals surface area contributed by atoms with Gasteiger partial charge in [-0.2, -0.15) is 0 Å². The van der Waals surface area contributed by atoms with Crippen molar-refractivity contribution in [2.45, 2.75) is 0 Å². The zero-order chi connectivity index (χ0) is 3.98. The van der Waals surface area contributed by atoms with E-state index in [2.05, 4.69) is 11.1 Å². The molecule has 0 spiro atoms. The molecular weight excluding hydrogens is 74.1 g/mol. The van der Waals surface area contributed by atoms with Gasteiger partial charge in [-0.3, -0.25) is 4.98 Å². The summed E-state index contributed by atoms with van der Waals surface area (Å²) >= 11 is 0. The van der Waals surface area contributed by atoms with Gasteiger partial charge in [0.1, 0.15) is 0 Å². The van der Waals surface area contributed by atoms with E-state index in [-0.39, 0.29) is 0 Å². The van der Waals surface area contributed by atoms with Crippen molar-refractivity contribution in [1.29, 1.82) is 0 Å². The minimum Gasteiger partial charge on any atom is -0.263 e. The van der Waals surface area contributed by atoms with Gasteiger partial charge in [0.2, 0.25) is 0 Å². The van der Waals surface area contributed by atoms with Crippen molar-refractivity contribution >= 4 is 0 Å². The van der Waals surface area contributed by atoms with Crippen LogP contribution in [0.1, 0.15) is 0 Å². The van der Waals surface area contributed by atoms with Crippen LogP contribution in [0.4, 0.5) is 0 Å². The van der Waals surface area contributed by atoms with Gasteiger partial charge in [0.25, 0.3) is 0 Å². The van der Waals surface area contributed by atoms with Crippen LogP contribution in [0.25, 0.3) is 11.1 Å². The summed E-state index contributed by atoms with van der Waals surface area (Å²) in [6.45, 7) is 0. The van der Waals surface area contributed by atoms with Crippen LogP contribution < -0.4 is 0 Å². The number of nitrogens with zero attached hydrogens (tertiary/aromatic N) is 1. The third-order valence-electron chi connectivity index (χ3n) is 0.988. The topological polar surface area (TPSA) is 12.9 Å². The molecule has 0 radical (unpaired) electrons. The molecule has 0 saturated heterocycles. The molecule has 6 heavy (non-hydrogen) atoms. The highest BCUT2D eigenvalue weighted by Gasteiger charge is 2.08. The molecule has 0 fully saturated rings. The van der Waals surface area contributed by atoms with Crippen LogP contribution in [-0.4, -0.2) is 4.98 Å². The predicted molar refractivity (Wildman–Crippen MR) is 23.2 cm³/mol. The van der Waals surface area contributed by atoms with Crippen molar-refractivity contribution in [2.75, 3.05) is 0 Å². The lowest BCUT2D eigenvalue weighted by Crippen LogP contribution is -1.42. The molecule has 28 valence electrons. The Balaban J connectivity index is 2.91. The molecule has 2 rings (SSSR count). The van der Waals surface area contributed by atoms with E-state index < -0.39 is 0 Å². The first-order chi connectivity index (χ1) is 2.97. The summed E-state index contributed by atoms with van der Waals surface area (Å²) < 4.78 is 0. The Hall–Kier alpha value is -0.850. The van der Waals surface area contributed by atoms with Gasteiger partial charge in [0, 0.05) is 23.5 Å². The van der Waals surface area contributed by atoms with E-state index in [0.717, 1.165) is 0 Å². The Labute approximate surface area is 35.6 Å². The van der Waals surface area contributed by atoms with Crippen LogP contribution in [0.5, 0.6) is 0 Å². The average Bonchev–Trinajstić information content (AvgIpc) is 2.17. The van der Waals surface area contributed by atoms with Crippen molar-refractivity contribution in [1.82, 2.24) is 4.98 Å². The minimum absolute atomic E-state index is 1.31. The summed E-state index contributed by atoms with van der Waals surface area (Å²) in [6.07, 6.45) is 3.74. The first-order valence-electron chi connectivity index (χ1n) is 1.92. The lowest BCUT2D eigenvalue weighted by atomic mass is 10.6. The summed E-state index contributed by atoms with van der Waals surface area (Å²) in [5, 5.41) is 0. The van der Waals surface area contributed by atoms with Crippen LogP contribution in [0, 0.1) is 0 Å². The minimum atomic E-state index is 1.31. The van der Waals surface area contributed by atoms with Crippen molar-refractivity contribution < 1.29 is 0 Å². The molecule has 1 heterocycles. The van der Waals surface area contributed by atoms with E-state index in [0.29, 0.717) is 0 Å². The largest absolute Gasteiger partial charge is 0.263 e. The fourth-order valence-electron chi connectivity index (χ4n) is 0.553. The van der Waals surface area contributed by atoms with Crippen LogP contribution in [0.2, 0.25) is 0 Å². The fourth-order valence-corrected chi connectivity index (χ4v) is 0.553. The van der Waals surface area contributed by atoms with E-state index in [1.165, 1.54) is 11.1 Å². The quantitative estimate of drug-likeness (QED) is 0.458. The maximum atomic E-state index is 3.86. The molecule has 0 bridgehead atoms. The molecule has 1 heteroatoms. The Morgan fingerprint density at radius 2 is 1.83 bits per heavy atom. The predicted octanol–water partition coefficient (Wildman–Crippen LogP) is 1.06. The normalized spacial score (nSPS) is 11.3. The van der Waals surface area contributed by atoms with Gasteiger partial charge in [-0.15, -0.1) is 0 Å². The van der Waals surface area contributed by atoms with Gasteiger partial charge < -0.3 is 0 Å². The fraction of sp³-hybridized carbons (Fsp3) is 0. The average molecular weight is 77.1 g/mol. The summed E-state index contributed by atoms with van der Waals surface area (Å²) in [6, 6.07) is 2.10. The molecule has 0 saturated carbocycles. The van der Waals surface area contributed by atoms with Crippen molar-refractivity contribution in [2.24, 2.45) is 0 Å². The molecule has 0 unspecified atom stereocenters. The molecule has 1 aliphatic carbocycles. The molecule has 0 amide bonds. The van der Waals surface area contributed by atoms with Gasteiger partial charge in [-0.1, -0.05) is 0 Å². The first kappa shape index (κ1) is 2.35. The Bertz CT molecular complexity index is 164. The highest BCUT2D eigenvalue weighted by atomic mass is 14.7. The van der Waals surface area contributed by atoms with E-state index in [1.54, 1.807) is 0 Å². The van der Waals surface area contributed by atoms with Gasteiger partial charge in [0.05, 0.1) is 0 Å².